The highest BCUT2D eigenvalue weighted by Gasteiger charge is 2.37. The van der Waals surface area contributed by atoms with Gasteiger partial charge < -0.3 is 15.8 Å². The van der Waals surface area contributed by atoms with Crippen LogP contribution < -0.4 is 11.1 Å². The molecule has 3 rings (SSSR count). The van der Waals surface area contributed by atoms with Gasteiger partial charge in [0.2, 0.25) is 0 Å². The van der Waals surface area contributed by atoms with Gasteiger partial charge in [0.25, 0.3) is 5.91 Å². The Kier molecular flexibility index (Phi) is 3.59. The molecule has 0 unspecified atom stereocenters. The van der Waals surface area contributed by atoms with E-state index in [9.17, 15) is 4.79 Å². The van der Waals surface area contributed by atoms with Gasteiger partial charge in [-0.05, 0) is 38.3 Å². The fourth-order valence-corrected chi connectivity index (χ4v) is 3.66. The van der Waals surface area contributed by atoms with Crippen LogP contribution in [0.3, 0.4) is 0 Å². The summed E-state index contributed by atoms with van der Waals surface area (Å²) in [5, 5.41) is 3.80. The molecule has 3 N–H and O–H groups in total. The number of aryl methyl sites for hydroxylation is 1. The van der Waals surface area contributed by atoms with Gasteiger partial charge >= 0.3 is 0 Å². The Morgan fingerprint density at radius 2 is 2.29 bits per heavy atom. The predicted molar refractivity (Wildman–Crippen MR) is 84.7 cm³/mol. The van der Waals surface area contributed by atoms with Gasteiger partial charge in [-0.3, -0.25) is 4.79 Å². The number of amides is 1. The molecule has 2 aromatic heterocycles. The third-order valence-electron chi connectivity index (χ3n) is 4.21. The smallest absolute Gasteiger partial charge is 0.263 e. The number of nitrogens with zero attached hydrogens (tertiary/aromatic N) is 1. The number of methoxy groups -OCH3 is 1. The number of ether oxygens (including phenoxy) is 1. The number of carbonyl (C=O) groups excluding carboxylic acids is 1. The molecule has 1 aliphatic rings. The van der Waals surface area contributed by atoms with Crippen LogP contribution in [-0.2, 0) is 4.74 Å². The highest BCUT2D eigenvalue weighted by molar-refractivity contribution is 7.21. The molecule has 1 fully saturated rings. The largest absolute Gasteiger partial charge is 0.397 e. The normalized spacial score (nSPS) is 16.7. The lowest BCUT2D eigenvalue weighted by Crippen LogP contribution is -2.49. The second-order valence-electron chi connectivity index (χ2n) is 5.57. The average molecular weight is 305 g/mol. The lowest BCUT2D eigenvalue weighted by atomic mass is 9.80. The first kappa shape index (κ1) is 14.3. The van der Waals surface area contributed by atoms with Gasteiger partial charge in [-0.15, -0.1) is 11.3 Å². The molecule has 6 heteroatoms. The van der Waals surface area contributed by atoms with Crippen molar-refractivity contribution in [1.82, 2.24) is 10.3 Å². The van der Waals surface area contributed by atoms with E-state index in [4.69, 9.17) is 10.5 Å². The molecule has 0 aliphatic heterocycles. The topological polar surface area (TPSA) is 77.2 Å². The molecule has 1 amide bonds. The predicted octanol–water partition coefficient (Wildman–Crippen LogP) is 2.49. The third kappa shape index (κ3) is 2.49. The number of thiophene rings is 1. The molecule has 1 saturated carbocycles. The van der Waals surface area contributed by atoms with Gasteiger partial charge in [-0.1, -0.05) is 0 Å². The number of nitrogens with two attached hydrogens (primary N) is 1. The molecule has 5 nitrogen and oxygen atoms in total. The van der Waals surface area contributed by atoms with Crippen molar-refractivity contribution in [2.24, 2.45) is 0 Å². The number of carbonyl (C=O) groups is 1. The molecule has 21 heavy (non-hydrogen) atoms. The van der Waals surface area contributed by atoms with Gasteiger partial charge in [0.05, 0.1) is 11.3 Å². The summed E-state index contributed by atoms with van der Waals surface area (Å²) in [5.41, 5.74) is 7.34. The zero-order valence-electron chi connectivity index (χ0n) is 12.2. The van der Waals surface area contributed by atoms with E-state index < -0.39 is 0 Å². The molecule has 1 aliphatic carbocycles. The molecule has 2 aromatic rings. The standard InChI is InChI=1S/C15H19N3O2S/c1-9-4-5-10-11(16)12(21-14(10)18-9)13(19)17-8-15(20-2)6-3-7-15/h4-5H,3,6-8,16H2,1-2H3,(H,17,19). The van der Waals surface area contributed by atoms with Crippen LogP contribution in [0.2, 0.25) is 0 Å². The summed E-state index contributed by atoms with van der Waals surface area (Å²) in [6, 6.07) is 3.82. The summed E-state index contributed by atoms with van der Waals surface area (Å²) in [7, 11) is 1.70. The van der Waals surface area contributed by atoms with Crippen molar-refractivity contribution in [1.29, 1.82) is 0 Å². The Bertz CT molecular complexity index is 686. The molecular weight excluding hydrogens is 286 g/mol. The van der Waals surface area contributed by atoms with Crippen LogP contribution in [0.15, 0.2) is 12.1 Å². The Balaban J connectivity index is 1.80. The Labute approximate surface area is 127 Å². The maximum absolute atomic E-state index is 12.4. The van der Waals surface area contributed by atoms with Crippen LogP contribution in [0, 0.1) is 6.92 Å². The quantitative estimate of drug-likeness (QED) is 0.910. The van der Waals surface area contributed by atoms with Crippen molar-refractivity contribution in [3.05, 3.63) is 22.7 Å². The first-order valence-electron chi connectivity index (χ1n) is 7.04. The van der Waals surface area contributed by atoms with Crippen LogP contribution in [0.4, 0.5) is 5.69 Å². The molecular formula is C15H19N3O2S. The van der Waals surface area contributed by atoms with Crippen LogP contribution in [0.25, 0.3) is 10.2 Å². The zero-order valence-corrected chi connectivity index (χ0v) is 13.0. The lowest BCUT2D eigenvalue weighted by Gasteiger charge is -2.40. The van der Waals surface area contributed by atoms with Crippen molar-refractivity contribution in [3.63, 3.8) is 0 Å². The van der Waals surface area contributed by atoms with Crippen LogP contribution in [0.5, 0.6) is 0 Å². The SMILES string of the molecule is COC1(CNC(=O)c2sc3nc(C)ccc3c2N)CCC1. The van der Waals surface area contributed by atoms with Crippen molar-refractivity contribution in [3.8, 4) is 0 Å². The van der Waals surface area contributed by atoms with Gasteiger partial charge in [-0.2, -0.15) is 0 Å². The Morgan fingerprint density at radius 1 is 1.52 bits per heavy atom. The van der Waals surface area contributed by atoms with E-state index in [-0.39, 0.29) is 11.5 Å². The fraction of sp³-hybridized carbons (Fsp3) is 0.467. The number of aromatic nitrogens is 1. The summed E-state index contributed by atoms with van der Waals surface area (Å²) in [6.07, 6.45) is 3.14. The summed E-state index contributed by atoms with van der Waals surface area (Å²) in [6.45, 7) is 2.45. The van der Waals surface area contributed by atoms with Crippen molar-refractivity contribution >= 4 is 33.1 Å². The van der Waals surface area contributed by atoms with E-state index in [2.05, 4.69) is 10.3 Å². The van der Waals surface area contributed by atoms with Gasteiger partial charge in [-0.25, -0.2) is 4.98 Å². The van der Waals surface area contributed by atoms with Gasteiger partial charge in [0.1, 0.15) is 9.71 Å². The third-order valence-corrected chi connectivity index (χ3v) is 5.32. The second kappa shape index (κ2) is 5.27. The van der Waals surface area contributed by atoms with Gasteiger partial charge in [0, 0.05) is 24.7 Å². The maximum Gasteiger partial charge on any atom is 0.263 e. The van der Waals surface area contributed by atoms with Crippen molar-refractivity contribution < 1.29 is 9.53 Å². The first-order valence-corrected chi connectivity index (χ1v) is 7.85. The monoisotopic (exact) mass is 305 g/mol. The molecule has 0 aromatic carbocycles. The van der Waals surface area contributed by atoms with Crippen LogP contribution >= 0.6 is 11.3 Å². The van der Waals surface area contributed by atoms with E-state index >= 15 is 0 Å². The minimum Gasteiger partial charge on any atom is -0.397 e. The Morgan fingerprint density at radius 3 is 2.90 bits per heavy atom. The number of nitrogen functional groups attached to an aromatic ring is 1. The zero-order chi connectivity index (χ0) is 15.0. The second-order valence-corrected chi connectivity index (χ2v) is 6.57. The molecule has 112 valence electrons. The van der Waals surface area contributed by atoms with E-state index in [1.807, 2.05) is 19.1 Å². The molecule has 0 radical (unpaired) electrons. The van der Waals surface area contributed by atoms with E-state index in [0.29, 0.717) is 17.1 Å². The maximum atomic E-state index is 12.4. The highest BCUT2D eigenvalue weighted by atomic mass is 32.1. The van der Waals surface area contributed by atoms with Crippen LogP contribution in [-0.4, -0.2) is 30.1 Å². The number of rotatable bonds is 4. The highest BCUT2D eigenvalue weighted by Crippen LogP contribution is 2.35. The molecule has 0 saturated heterocycles. The minimum absolute atomic E-state index is 0.142. The number of anilines is 1. The number of pyridine rings is 1. The minimum atomic E-state index is -0.185. The average Bonchev–Trinajstić information content (AvgIpc) is 2.74. The summed E-state index contributed by atoms with van der Waals surface area (Å²) >= 11 is 1.34. The molecule has 0 atom stereocenters. The molecule has 0 spiro atoms. The summed E-state index contributed by atoms with van der Waals surface area (Å²) in [4.78, 5) is 18.1. The lowest BCUT2D eigenvalue weighted by molar-refractivity contribution is -0.0679. The fourth-order valence-electron chi connectivity index (χ4n) is 2.60. The van der Waals surface area contributed by atoms with E-state index in [1.165, 1.54) is 11.3 Å². The molecule has 0 bridgehead atoms. The van der Waals surface area contributed by atoms with Crippen molar-refractivity contribution in [2.45, 2.75) is 31.8 Å². The number of nitrogens with one attached hydrogen (secondary N) is 1. The number of hydrogen-bond donors (Lipinski definition) is 2. The van der Waals surface area contributed by atoms with Crippen molar-refractivity contribution in [2.75, 3.05) is 19.4 Å². The van der Waals surface area contributed by atoms with E-state index in [0.717, 1.165) is 35.2 Å². The summed E-state index contributed by atoms with van der Waals surface area (Å²) in [5.74, 6) is -0.142. The van der Waals surface area contributed by atoms with Gasteiger partial charge in [0.15, 0.2) is 0 Å². The molecule has 2 heterocycles. The summed E-state index contributed by atoms with van der Waals surface area (Å²) < 4.78 is 5.51. The van der Waals surface area contributed by atoms with E-state index in [1.54, 1.807) is 7.11 Å². The van der Waals surface area contributed by atoms with Crippen LogP contribution in [0.1, 0.15) is 34.6 Å². The Hall–Kier alpha value is -1.66. The first-order chi connectivity index (χ1) is 10.0. The number of hydrogen-bond acceptors (Lipinski definition) is 5. The number of fused-ring (bicyclic) bond motifs is 1.